The van der Waals surface area contributed by atoms with Crippen molar-refractivity contribution in [2.45, 2.75) is 75.6 Å². The number of amides is 3. The van der Waals surface area contributed by atoms with E-state index >= 15 is 0 Å². The second-order valence-corrected chi connectivity index (χ2v) is 14.2. The Morgan fingerprint density at radius 3 is 2.63 bits per heavy atom. The van der Waals surface area contributed by atoms with Crippen molar-refractivity contribution in [1.82, 2.24) is 20.7 Å². The molecular formula is C38H41N5O5S. The molecule has 3 N–H and O–H groups in total. The smallest absolute Gasteiger partial charge is 0.278 e. The van der Waals surface area contributed by atoms with Crippen LogP contribution in [0, 0.1) is 12.8 Å². The molecule has 3 heterocycles. The predicted molar refractivity (Wildman–Crippen MR) is 189 cm³/mol. The highest BCUT2D eigenvalue weighted by molar-refractivity contribution is 7.20. The third-order valence-corrected chi connectivity index (χ3v) is 10.5. The minimum absolute atomic E-state index is 0.165. The lowest BCUT2D eigenvalue weighted by molar-refractivity contribution is -0.141. The summed E-state index contributed by atoms with van der Waals surface area (Å²) in [6, 6.07) is 23.3. The first-order chi connectivity index (χ1) is 23.9. The molecular weight excluding hydrogens is 639 g/mol. The van der Waals surface area contributed by atoms with Crippen molar-refractivity contribution >= 4 is 45.0 Å². The number of fused-ring (bicyclic) bond motifs is 3. The first kappa shape index (κ1) is 32.6. The van der Waals surface area contributed by atoms with Crippen molar-refractivity contribution in [3.63, 3.8) is 0 Å². The molecule has 0 spiro atoms. The number of hydroxylamine groups is 1. The number of para-hydroxylation sites is 2. The number of nitrogens with zero attached hydrogens (tertiary/aromatic N) is 2. The van der Waals surface area contributed by atoms with Gasteiger partial charge in [-0.1, -0.05) is 78.8 Å². The van der Waals surface area contributed by atoms with Crippen molar-refractivity contribution in [2.75, 3.05) is 11.9 Å². The summed E-state index contributed by atoms with van der Waals surface area (Å²) in [4.78, 5) is 54.4. The van der Waals surface area contributed by atoms with Gasteiger partial charge in [0.05, 0.1) is 16.8 Å². The Bertz CT molecular complexity index is 1830. The van der Waals surface area contributed by atoms with E-state index in [2.05, 4.69) is 33.2 Å². The first-order valence-electron chi connectivity index (χ1n) is 17.0. The molecule has 3 aliphatic rings. The van der Waals surface area contributed by atoms with Crippen molar-refractivity contribution < 1.29 is 24.0 Å². The van der Waals surface area contributed by atoms with Crippen LogP contribution in [0.15, 0.2) is 91.0 Å². The number of carbonyl (C=O) groups is 3. The Hall–Kier alpha value is -4.90. The molecule has 1 aliphatic carbocycles. The summed E-state index contributed by atoms with van der Waals surface area (Å²) in [7, 11) is 0. The normalized spacial score (nSPS) is 26.3. The van der Waals surface area contributed by atoms with Crippen LogP contribution >= 0.6 is 11.3 Å². The number of benzene rings is 3. The number of anilines is 1. The summed E-state index contributed by atoms with van der Waals surface area (Å²) in [5.41, 5.74) is 4.20. The zero-order valence-corrected chi connectivity index (χ0v) is 28.3. The van der Waals surface area contributed by atoms with Crippen LogP contribution in [0.2, 0.25) is 0 Å². The lowest BCUT2D eigenvalue weighted by Crippen LogP contribution is -2.57. The summed E-state index contributed by atoms with van der Waals surface area (Å²) in [5.74, 6) is -0.698. The van der Waals surface area contributed by atoms with Gasteiger partial charge in [0, 0.05) is 18.0 Å². The minimum atomic E-state index is -1.19. The van der Waals surface area contributed by atoms with Gasteiger partial charge < -0.3 is 25.1 Å². The van der Waals surface area contributed by atoms with Crippen LogP contribution in [-0.4, -0.2) is 57.9 Å². The predicted octanol–water partition coefficient (Wildman–Crippen LogP) is 5.94. The third-order valence-electron chi connectivity index (χ3n) is 9.56. The molecule has 0 unspecified atom stereocenters. The van der Waals surface area contributed by atoms with E-state index in [1.807, 2.05) is 73.7 Å². The number of hydrogen-bond acceptors (Lipinski definition) is 8. The molecule has 2 aliphatic heterocycles. The zero-order chi connectivity index (χ0) is 33.8. The average Bonchev–Trinajstić information content (AvgIpc) is 3.41. The maximum absolute atomic E-state index is 14.5. The van der Waals surface area contributed by atoms with Crippen LogP contribution in [0.5, 0.6) is 10.9 Å². The van der Waals surface area contributed by atoms with Crippen LogP contribution in [0.1, 0.15) is 50.5 Å². The van der Waals surface area contributed by atoms with Gasteiger partial charge in [-0.25, -0.2) is 4.98 Å². The molecule has 1 aromatic heterocycles. The summed E-state index contributed by atoms with van der Waals surface area (Å²) < 4.78 is 7.41. The van der Waals surface area contributed by atoms with E-state index in [4.69, 9.17) is 9.57 Å². The number of aryl methyl sites for hydroxylation is 1. The van der Waals surface area contributed by atoms with Gasteiger partial charge in [0.25, 0.3) is 11.1 Å². The lowest BCUT2D eigenvalue weighted by Gasteiger charge is -2.30. The largest absolute Gasteiger partial charge is 0.465 e. The first-order valence-corrected chi connectivity index (χ1v) is 17.9. The summed E-state index contributed by atoms with van der Waals surface area (Å²) in [5, 5.41) is 7.02. The van der Waals surface area contributed by atoms with Gasteiger partial charge in [-0.3, -0.25) is 14.4 Å². The van der Waals surface area contributed by atoms with Crippen LogP contribution in [0.4, 0.5) is 5.69 Å². The molecule has 1 saturated heterocycles. The standard InChI is InChI=1S/C38H41N5O5S/c1-25-19-20-30-33(21-25)49-37(40-30)47-29-22-32-34(44)41-38(36(46)42-48-28-16-10-6-11-17-28)23-26(38)13-7-3-2-4-12-18-31(35(45)43(32)24-29)39-27-14-8-5-9-15-27/h5-11,13-17,19-21,26,29,31-32,39H,2-4,12,18,22-24H2,1H3,(H,41,44)(H,42,46)/b13-7-/t26-,29-,31+,32+,38-/m1/s1. The molecule has 2 fully saturated rings. The Balaban J connectivity index is 1.16. The molecule has 0 bridgehead atoms. The van der Waals surface area contributed by atoms with E-state index in [0.717, 1.165) is 47.2 Å². The van der Waals surface area contributed by atoms with Crippen LogP contribution in [-0.2, 0) is 14.4 Å². The van der Waals surface area contributed by atoms with Crippen LogP contribution in [0.3, 0.4) is 0 Å². The van der Waals surface area contributed by atoms with E-state index in [9.17, 15) is 14.4 Å². The Kier molecular flexibility index (Phi) is 9.52. The van der Waals surface area contributed by atoms with E-state index in [-0.39, 0.29) is 24.8 Å². The highest BCUT2D eigenvalue weighted by atomic mass is 32.1. The van der Waals surface area contributed by atoms with Gasteiger partial charge in [-0.15, -0.1) is 0 Å². The summed E-state index contributed by atoms with van der Waals surface area (Å²) in [6.07, 6.45) is 8.61. The second-order valence-electron chi connectivity index (χ2n) is 13.2. The van der Waals surface area contributed by atoms with Crippen molar-refractivity contribution in [1.29, 1.82) is 0 Å². The van der Waals surface area contributed by atoms with Gasteiger partial charge in [0.1, 0.15) is 23.7 Å². The fraction of sp³-hybridized carbons (Fsp3) is 0.368. The van der Waals surface area contributed by atoms with E-state index in [0.29, 0.717) is 23.8 Å². The topological polar surface area (TPSA) is 122 Å². The molecule has 254 valence electrons. The van der Waals surface area contributed by atoms with E-state index < -0.39 is 35.5 Å². The number of hydrogen-bond donors (Lipinski definition) is 3. The van der Waals surface area contributed by atoms with Gasteiger partial charge in [-0.05, 0) is 74.6 Å². The number of allylic oxidation sites excluding steroid dienone is 1. The number of rotatable bonds is 7. The molecule has 1 saturated carbocycles. The Morgan fingerprint density at radius 2 is 1.82 bits per heavy atom. The SMILES string of the molecule is Cc1ccc2nc(O[C@@H]3C[C@H]4C(=O)N[C@]5(C(=O)NOc6ccccc6)C[C@H]5/C=C\CCCCC[C@H](Nc5ccccc5)C(=O)N4C3)sc2c1. The number of nitrogens with one attached hydrogen (secondary N) is 3. The Morgan fingerprint density at radius 1 is 1.02 bits per heavy atom. The van der Waals surface area contributed by atoms with Gasteiger partial charge in [0.15, 0.2) is 5.75 Å². The highest BCUT2D eigenvalue weighted by Crippen LogP contribution is 2.45. The number of aromatic nitrogens is 1. The monoisotopic (exact) mass is 679 g/mol. The van der Waals surface area contributed by atoms with E-state index in [1.54, 1.807) is 17.0 Å². The molecule has 4 aromatic rings. The lowest BCUT2D eigenvalue weighted by atomic mass is 10.0. The molecule has 7 rings (SSSR count). The van der Waals surface area contributed by atoms with Crippen LogP contribution < -0.4 is 25.7 Å². The molecule has 10 nitrogen and oxygen atoms in total. The number of thiazole rings is 1. The third kappa shape index (κ3) is 7.41. The number of carbonyl (C=O) groups excluding carboxylic acids is 3. The maximum Gasteiger partial charge on any atom is 0.278 e. The van der Waals surface area contributed by atoms with Crippen molar-refractivity contribution in [2.24, 2.45) is 5.92 Å². The zero-order valence-electron chi connectivity index (χ0n) is 27.5. The van der Waals surface area contributed by atoms with Crippen molar-refractivity contribution in [3.05, 3.63) is 96.6 Å². The number of ether oxygens (including phenoxy) is 1. The molecule has 0 radical (unpaired) electrons. The summed E-state index contributed by atoms with van der Waals surface area (Å²) in [6.45, 7) is 2.26. The van der Waals surface area contributed by atoms with Gasteiger partial charge >= 0.3 is 0 Å². The van der Waals surface area contributed by atoms with Crippen LogP contribution in [0.25, 0.3) is 10.2 Å². The molecule has 3 amide bonds. The molecule has 11 heteroatoms. The quantitative estimate of drug-likeness (QED) is 0.163. The fourth-order valence-corrected chi connectivity index (χ4v) is 7.77. The average molecular weight is 680 g/mol. The molecule has 5 atom stereocenters. The van der Waals surface area contributed by atoms with Gasteiger partial charge in [0.2, 0.25) is 11.8 Å². The van der Waals surface area contributed by atoms with E-state index in [1.165, 1.54) is 11.3 Å². The summed E-state index contributed by atoms with van der Waals surface area (Å²) >= 11 is 1.45. The van der Waals surface area contributed by atoms with Gasteiger partial charge in [-0.2, -0.15) is 5.48 Å². The second kappa shape index (κ2) is 14.3. The minimum Gasteiger partial charge on any atom is -0.465 e. The maximum atomic E-state index is 14.5. The fourth-order valence-electron chi connectivity index (χ4n) is 6.79. The Labute approximate surface area is 289 Å². The molecule has 3 aromatic carbocycles. The van der Waals surface area contributed by atoms with Crippen molar-refractivity contribution in [3.8, 4) is 10.9 Å². The molecule has 49 heavy (non-hydrogen) atoms. The highest BCUT2D eigenvalue weighted by Gasteiger charge is 2.61.